The van der Waals surface area contributed by atoms with Crippen molar-refractivity contribution < 1.29 is 0 Å². The summed E-state index contributed by atoms with van der Waals surface area (Å²) in [7, 11) is 0. The van der Waals surface area contributed by atoms with E-state index in [9.17, 15) is 0 Å². The van der Waals surface area contributed by atoms with Crippen LogP contribution in [0.15, 0.2) is 36.5 Å². The van der Waals surface area contributed by atoms with E-state index in [1.165, 1.54) is 41.8 Å². The molecular formula is C18H22N2. The van der Waals surface area contributed by atoms with Crippen LogP contribution >= 0.6 is 0 Å². The molecule has 104 valence electrons. The van der Waals surface area contributed by atoms with Gasteiger partial charge in [-0.3, -0.25) is 4.98 Å². The molecule has 0 saturated carbocycles. The zero-order valence-electron chi connectivity index (χ0n) is 12.6. The van der Waals surface area contributed by atoms with Crippen LogP contribution in [0.2, 0.25) is 0 Å². The van der Waals surface area contributed by atoms with Crippen LogP contribution in [0.1, 0.15) is 31.5 Å². The average Bonchev–Trinajstić information content (AvgIpc) is 2.46. The van der Waals surface area contributed by atoms with E-state index < -0.39 is 0 Å². The van der Waals surface area contributed by atoms with Gasteiger partial charge in [-0.2, -0.15) is 0 Å². The molecule has 0 atom stereocenters. The molecule has 0 amide bonds. The Hall–Kier alpha value is -1.83. The minimum absolute atomic E-state index is 0.570. The number of nitrogens with zero attached hydrogens (tertiary/aromatic N) is 2. The van der Waals surface area contributed by atoms with Gasteiger partial charge in [0.05, 0.1) is 0 Å². The van der Waals surface area contributed by atoms with Gasteiger partial charge in [0.2, 0.25) is 0 Å². The number of hydrogen-bond donors (Lipinski definition) is 0. The molecule has 2 aromatic rings. The van der Waals surface area contributed by atoms with Crippen molar-refractivity contribution in [2.45, 2.75) is 39.7 Å². The Morgan fingerprint density at radius 2 is 1.90 bits per heavy atom. The molecule has 0 unspecified atom stereocenters. The van der Waals surface area contributed by atoms with Crippen LogP contribution in [0.5, 0.6) is 0 Å². The lowest BCUT2D eigenvalue weighted by molar-refractivity contribution is 0.626. The molecule has 0 bridgehead atoms. The highest BCUT2D eigenvalue weighted by molar-refractivity contribution is 5.69. The highest BCUT2D eigenvalue weighted by atomic mass is 15.2. The van der Waals surface area contributed by atoms with Crippen LogP contribution < -0.4 is 4.90 Å². The second-order valence-corrected chi connectivity index (χ2v) is 5.92. The summed E-state index contributed by atoms with van der Waals surface area (Å²) < 4.78 is 0. The fourth-order valence-corrected chi connectivity index (χ4v) is 2.98. The van der Waals surface area contributed by atoms with Gasteiger partial charge in [0.1, 0.15) is 0 Å². The van der Waals surface area contributed by atoms with Crippen LogP contribution in [-0.4, -0.2) is 17.6 Å². The van der Waals surface area contributed by atoms with Crippen LogP contribution in [0.4, 0.5) is 5.69 Å². The predicted molar refractivity (Wildman–Crippen MR) is 85.2 cm³/mol. The summed E-state index contributed by atoms with van der Waals surface area (Å²) >= 11 is 0. The second-order valence-electron chi connectivity index (χ2n) is 5.92. The highest BCUT2D eigenvalue weighted by Crippen LogP contribution is 2.32. The summed E-state index contributed by atoms with van der Waals surface area (Å²) in [6.07, 6.45) is 4.41. The fourth-order valence-electron chi connectivity index (χ4n) is 2.98. The Balaban J connectivity index is 1.99. The summed E-state index contributed by atoms with van der Waals surface area (Å²) in [5.74, 6) is 0. The van der Waals surface area contributed by atoms with Crippen LogP contribution in [0.3, 0.4) is 0 Å². The molecule has 0 fully saturated rings. The van der Waals surface area contributed by atoms with E-state index >= 15 is 0 Å². The molecule has 0 radical (unpaired) electrons. The van der Waals surface area contributed by atoms with Gasteiger partial charge < -0.3 is 4.90 Å². The van der Waals surface area contributed by atoms with E-state index in [0.717, 1.165) is 5.69 Å². The molecule has 2 heterocycles. The first-order chi connectivity index (χ1) is 9.65. The van der Waals surface area contributed by atoms with E-state index in [1.54, 1.807) is 0 Å². The van der Waals surface area contributed by atoms with Gasteiger partial charge in [0.25, 0.3) is 0 Å². The van der Waals surface area contributed by atoms with E-state index in [1.807, 2.05) is 13.1 Å². The summed E-state index contributed by atoms with van der Waals surface area (Å²) in [5.41, 5.74) is 6.44. The number of benzene rings is 1. The number of aryl methyl sites for hydroxylation is 2. The Bertz CT molecular complexity index is 599. The van der Waals surface area contributed by atoms with E-state index in [2.05, 4.69) is 54.1 Å². The van der Waals surface area contributed by atoms with Crippen molar-refractivity contribution in [2.24, 2.45) is 0 Å². The quantitative estimate of drug-likeness (QED) is 0.809. The minimum atomic E-state index is 0.570. The van der Waals surface area contributed by atoms with Crippen molar-refractivity contribution in [1.29, 1.82) is 0 Å². The standard InChI is InChI=1S/C18H22N2/c1-13(2)20-10-4-5-16-11-15(8-9-18(16)20)17-7-6-14(3)19-12-17/h6-9,11-13H,4-5,10H2,1-3H3. The Morgan fingerprint density at radius 1 is 1.10 bits per heavy atom. The summed E-state index contributed by atoms with van der Waals surface area (Å²) in [6, 6.07) is 11.7. The first kappa shape index (κ1) is 13.2. The van der Waals surface area contributed by atoms with Gasteiger partial charge in [-0.1, -0.05) is 12.1 Å². The third-order valence-electron chi connectivity index (χ3n) is 4.10. The zero-order valence-corrected chi connectivity index (χ0v) is 12.6. The molecule has 0 saturated heterocycles. The molecule has 0 N–H and O–H groups in total. The molecule has 0 spiro atoms. The second kappa shape index (κ2) is 5.28. The van der Waals surface area contributed by atoms with E-state index in [-0.39, 0.29) is 0 Å². The number of pyridine rings is 1. The topological polar surface area (TPSA) is 16.1 Å². The molecule has 2 heteroatoms. The SMILES string of the molecule is Cc1ccc(-c2ccc3c(c2)CCCN3C(C)C)cn1. The number of aromatic nitrogens is 1. The van der Waals surface area contributed by atoms with E-state index in [0.29, 0.717) is 6.04 Å². The molecule has 3 rings (SSSR count). The van der Waals surface area contributed by atoms with Crippen molar-refractivity contribution in [3.63, 3.8) is 0 Å². The summed E-state index contributed by atoms with van der Waals surface area (Å²) in [6.45, 7) is 7.74. The number of rotatable bonds is 2. The van der Waals surface area contributed by atoms with Crippen molar-refractivity contribution in [3.05, 3.63) is 47.8 Å². The van der Waals surface area contributed by atoms with Crippen LogP contribution in [-0.2, 0) is 6.42 Å². The molecule has 1 aliphatic heterocycles. The highest BCUT2D eigenvalue weighted by Gasteiger charge is 2.19. The maximum Gasteiger partial charge on any atom is 0.0401 e. The number of anilines is 1. The largest absolute Gasteiger partial charge is 0.369 e. The van der Waals surface area contributed by atoms with Crippen LogP contribution in [0.25, 0.3) is 11.1 Å². The zero-order chi connectivity index (χ0) is 14.1. The molecule has 1 aliphatic rings. The van der Waals surface area contributed by atoms with Crippen molar-refractivity contribution >= 4 is 5.69 Å². The van der Waals surface area contributed by atoms with Gasteiger partial charge in [-0.05, 0) is 62.9 Å². The number of hydrogen-bond acceptors (Lipinski definition) is 2. The lowest BCUT2D eigenvalue weighted by atomic mass is 9.96. The molecule has 0 aliphatic carbocycles. The van der Waals surface area contributed by atoms with Gasteiger partial charge in [0, 0.05) is 35.7 Å². The van der Waals surface area contributed by atoms with Gasteiger partial charge >= 0.3 is 0 Å². The first-order valence-electron chi connectivity index (χ1n) is 7.48. The smallest absolute Gasteiger partial charge is 0.0401 e. The maximum atomic E-state index is 4.40. The third-order valence-corrected chi connectivity index (χ3v) is 4.10. The van der Waals surface area contributed by atoms with Gasteiger partial charge in [-0.15, -0.1) is 0 Å². The average molecular weight is 266 g/mol. The molecule has 20 heavy (non-hydrogen) atoms. The third kappa shape index (κ3) is 2.43. The normalized spacial score (nSPS) is 14.5. The molecule has 1 aromatic heterocycles. The monoisotopic (exact) mass is 266 g/mol. The Labute approximate surface area is 121 Å². The minimum Gasteiger partial charge on any atom is -0.369 e. The first-order valence-corrected chi connectivity index (χ1v) is 7.48. The van der Waals surface area contributed by atoms with Crippen molar-refractivity contribution in [3.8, 4) is 11.1 Å². The maximum absolute atomic E-state index is 4.40. The molecular weight excluding hydrogens is 244 g/mol. The lowest BCUT2D eigenvalue weighted by Gasteiger charge is -2.35. The molecule has 1 aromatic carbocycles. The summed E-state index contributed by atoms with van der Waals surface area (Å²) in [4.78, 5) is 6.91. The van der Waals surface area contributed by atoms with Gasteiger partial charge in [0.15, 0.2) is 0 Å². The molecule has 2 nitrogen and oxygen atoms in total. The number of fused-ring (bicyclic) bond motifs is 1. The Morgan fingerprint density at radius 3 is 2.60 bits per heavy atom. The Kier molecular flexibility index (Phi) is 3.47. The summed E-state index contributed by atoms with van der Waals surface area (Å²) in [5, 5.41) is 0. The fraction of sp³-hybridized carbons (Fsp3) is 0.389. The van der Waals surface area contributed by atoms with E-state index in [4.69, 9.17) is 0 Å². The predicted octanol–water partition coefficient (Wildman–Crippen LogP) is 4.22. The lowest BCUT2D eigenvalue weighted by Crippen LogP contribution is -2.35. The van der Waals surface area contributed by atoms with Crippen LogP contribution in [0, 0.1) is 6.92 Å². The van der Waals surface area contributed by atoms with Gasteiger partial charge in [-0.25, -0.2) is 0 Å². The van der Waals surface area contributed by atoms with Crippen molar-refractivity contribution in [1.82, 2.24) is 4.98 Å². The van der Waals surface area contributed by atoms with Crippen molar-refractivity contribution in [2.75, 3.05) is 11.4 Å².